The quantitative estimate of drug-likeness (QED) is 0.920. The van der Waals surface area contributed by atoms with E-state index in [0.717, 1.165) is 31.4 Å². The normalized spacial score (nSPS) is 19.6. The summed E-state index contributed by atoms with van der Waals surface area (Å²) in [5, 5.41) is 3.41. The lowest BCUT2D eigenvalue weighted by Crippen LogP contribution is -2.27. The summed E-state index contributed by atoms with van der Waals surface area (Å²) in [4.78, 5) is 0.182. The van der Waals surface area contributed by atoms with Crippen LogP contribution < -0.4 is 14.8 Å². The Morgan fingerprint density at radius 2 is 1.95 bits per heavy atom. The molecule has 1 aromatic rings. The highest BCUT2D eigenvalue weighted by Gasteiger charge is 2.25. The average Bonchev–Trinajstić information content (AvgIpc) is 2.45. The van der Waals surface area contributed by atoms with Crippen LogP contribution in [0.2, 0.25) is 0 Å². The monoisotopic (exact) mass is 299 g/mol. The lowest BCUT2D eigenvalue weighted by Gasteiger charge is -2.26. The molecule has 5 nitrogen and oxygen atoms in total. The topological polar surface area (TPSA) is 64.6 Å². The van der Waals surface area contributed by atoms with Gasteiger partial charge in [-0.25, -0.2) is 8.42 Å². The fraction of sp³-hybridized carbons (Fsp3) is 0.571. The molecule has 0 radical (unpaired) electrons. The SMILES string of the molecule is COc1cc(C2CCCCN2)c(OC)c(S(C)(=O)=O)c1. The highest BCUT2D eigenvalue weighted by molar-refractivity contribution is 7.90. The first-order valence-corrected chi connectivity index (χ1v) is 8.56. The third-order valence-electron chi connectivity index (χ3n) is 3.58. The third kappa shape index (κ3) is 3.07. The Balaban J connectivity index is 2.59. The van der Waals surface area contributed by atoms with Gasteiger partial charge in [0.1, 0.15) is 16.4 Å². The van der Waals surface area contributed by atoms with Gasteiger partial charge in [-0.1, -0.05) is 6.42 Å². The fourth-order valence-electron chi connectivity index (χ4n) is 2.59. The summed E-state index contributed by atoms with van der Waals surface area (Å²) in [5.74, 6) is 0.960. The Kier molecular flexibility index (Phi) is 4.55. The summed E-state index contributed by atoms with van der Waals surface area (Å²) in [6, 6.07) is 3.48. The van der Waals surface area contributed by atoms with E-state index < -0.39 is 9.84 Å². The molecular weight excluding hydrogens is 278 g/mol. The van der Waals surface area contributed by atoms with Gasteiger partial charge in [0.05, 0.1) is 14.2 Å². The summed E-state index contributed by atoms with van der Waals surface area (Å²) in [7, 11) is -0.336. The number of methoxy groups -OCH3 is 2. The third-order valence-corrected chi connectivity index (χ3v) is 4.68. The van der Waals surface area contributed by atoms with Crippen molar-refractivity contribution in [1.29, 1.82) is 0 Å². The second kappa shape index (κ2) is 6.01. The molecule has 1 aliphatic heterocycles. The Bertz CT molecular complexity index is 577. The minimum Gasteiger partial charge on any atom is -0.497 e. The Morgan fingerprint density at radius 1 is 1.20 bits per heavy atom. The van der Waals surface area contributed by atoms with E-state index in [-0.39, 0.29) is 10.9 Å². The molecule has 112 valence electrons. The van der Waals surface area contributed by atoms with Crippen LogP contribution in [0.5, 0.6) is 11.5 Å². The number of piperidine rings is 1. The van der Waals surface area contributed by atoms with E-state index in [0.29, 0.717) is 11.5 Å². The minimum absolute atomic E-state index is 0.106. The van der Waals surface area contributed by atoms with Crippen LogP contribution in [0.15, 0.2) is 17.0 Å². The van der Waals surface area contributed by atoms with Gasteiger partial charge in [0.25, 0.3) is 0 Å². The van der Waals surface area contributed by atoms with E-state index in [2.05, 4.69) is 5.32 Å². The predicted octanol–water partition coefficient (Wildman–Crippen LogP) is 1.92. The predicted molar refractivity (Wildman–Crippen MR) is 77.3 cm³/mol. The van der Waals surface area contributed by atoms with Gasteiger partial charge in [-0.2, -0.15) is 0 Å². The number of ether oxygens (including phenoxy) is 2. The second-order valence-corrected chi connectivity index (χ2v) is 7.01. The van der Waals surface area contributed by atoms with Crippen molar-refractivity contribution < 1.29 is 17.9 Å². The fourth-order valence-corrected chi connectivity index (χ4v) is 3.45. The zero-order valence-electron chi connectivity index (χ0n) is 12.1. The zero-order chi connectivity index (χ0) is 14.8. The number of rotatable bonds is 4. The van der Waals surface area contributed by atoms with Crippen molar-refractivity contribution in [3.8, 4) is 11.5 Å². The highest BCUT2D eigenvalue weighted by atomic mass is 32.2. The largest absolute Gasteiger partial charge is 0.497 e. The van der Waals surface area contributed by atoms with Gasteiger partial charge < -0.3 is 14.8 Å². The van der Waals surface area contributed by atoms with Crippen LogP contribution in [0, 0.1) is 0 Å². The number of benzene rings is 1. The molecule has 1 aromatic carbocycles. The van der Waals surface area contributed by atoms with Crippen molar-refractivity contribution in [1.82, 2.24) is 5.32 Å². The lowest BCUT2D eigenvalue weighted by atomic mass is 9.96. The molecule has 6 heteroatoms. The van der Waals surface area contributed by atoms with Gasteiger partial charge in [-0.3, -0.25) is 0 Å². The van der Waals surface area contributed by atoms with Crippen LogP contribution in [0.25, 0.3) is 0 Å². The molecule has 1 saturated heterocycles. The summed E-state index contributed by atoms with van der Waals surface area (Å²) in [5.41, 5.74) is 0.854. The molecule has 1 atom stereocenters. The summed E-state index contributed by atoms with van der Waals surface area (Å²) < 4.78 is 34.5. The molecule has 0 bridgehead atoms. The zero-order valence-corrected chi connectivity index (χ0v) is 12.9. The van der Waals surface area contributed by atoms with Gasteiger partial charge in [-0.15, -0.1) is 0 Å². The molecule has 1 heterocycles. The van der Waals surface area contributed by atoms with Gasteiger partial charge >= 0.3 is 0 Å². The molecule has 0 spiro atoms. The van der Waals surface area contributed by atoms with E-state index >= 15 is 0 Å². The Morgan fingerprint density at radius 3 is 2.45 bits per heavy atom. The Labute approximate surface area is 120 Å². The van der Waals surface area contributed by atoms with Gasteiger partial charge in [0.2, 0.25) is 0 Å². The number of nitrogens with one attached hydrogen (secondary N) is 1. The van der Waals surface area contributed by atoms with E-state index in [1.54, 1.807) is 0 Å². The summed E-state index contributed by atoms with van der Waals surface area (Å²) >= 11 is 0. The first kappa shape index (κ1) is 15.1. The maximum Gasteiger partial charge on any atom is 0.179 e. The van der Waals surface area contributed by atoms with Crippen molar-refractivity contribution in [2.45, 2.75) is 30.2 Å². The molecule has 1 fully saturated rings. The maximum absolute atomic E-state index is 12.0. The van der Waals surface area contributed by atoms with E-state index in [1.807, 2.05) is 6.07 Å². The van der Waals surface area contributed by atoms with Crippen molar-refractivity contribution >= 4 is 9.84 Å². The molecule has 1 aliphatic rings. The van der Waals surface area contributed by atoms with E-state index in [1.165, 1.54) is 26.5 Å². The summed E-state index contributed by atoms with van der Waals surface area (Å²) in [6.07, 6.45) is 4.41. The molecule has 1 N–H and O–H groups in total. The van der Waals surface area contributed by atoms with Crippen molar-refractivity contribution in [2.24, 2.45) is 0 Å². The molecular formula is C14H21NO4S. The minimum atomic E-state index is -3.37. The first-order chi connectivity index (χ1) is 9.47. The Hall–Kier alpha value is -1.27. The molecule has 0 aromatic heterocycles. The molecule has 1 unspecified atom stereocenters. The summed E-state index contributed by atoms with van der Waals surface area (Å²) in [6.45, 7) is 0.930. The van der Waals surface area contributed by atoms with Gasteiger partial charge in [0, 0.05) is 23.9 Å². The standard InChI is InChI=1S/C14H21NO4S/c1-18-10-8-11(12-6-4-5-7-15-12)14(19-2)13(9-10)20(3,16)17/h8-9,12,15H,4-7H2,1-3H3. The van der Waals surface area contributed by atoms with E-state index in [9.17, 15) is 8.42 Å². The molecule has 0 aliphatic carbocycles. The van der Waals surface area contributed by atoms with Crippen molar-refractivity contribution in [3.05, 3.63) is 17.7 Å². The molecule has 0 saturated carbocycles. The van der Waals surface area contributed by atoms with Crippen molar-refractivity contribution in [3.63, 3.8) is 0 Å². The van der Waals surface area contributed by atoms with Gasteiger partial charge in [-0.05, 0) is 25.5 Å². The van der Waals surface area contributed by atoms with Crippen LogP contribution in [0.1, 0.15) is 30.9 Å². The van der Waals surface area contributed by atoms with Gasteiger partial charge in [0.15, 0.2) is 9.84 Å². The van der Waals surface area contributed by atoms with Crippen LogP contribution in [0.4, 0.5) is 0 Å². The first-order valence-electron chi connectivity index (χ1n) is 6.66. The smallest absolute Gasteiger partial charge is 0.179 e. The number of hydrogen-bond acceptors (Lipinski definition) is 5. The second-order valence-electron chi connectivity index (χ2n) is 5.02. The highest BCUT2D eigenvalue weighted by Crippen LogP contribution is 2.38. The van der Waals surface area contributed by atoms with E-state index in [4.69, 9.17) is 9.47 Å². The van der Waals surface area contributed by atoms with Crippen LogP contribution in [0.3, 0.4) is 0 Å². The lowest BCUT2D eigenvalue weighted by molar-refractivity contribution is 0.359. The molecule has 2 rings (SSSR count). The molecule has 0 amide bonds. The maximum atomic E-state index is 12.0. The molecule has 20 heavy (non-hydrogen) atoms. The van der Waals surface area contributed by atoms with Crippen LogP contribution in [-0.4, -0.2) is 35.4 Å². The average molecular weight is 299 g/mol. The number of hydrogen-bond donors (Lipinski definition) is 1. The van der Waals surface area contributed by atoms with Crippen molar-refractivity contribution in [2.75, 3.05) is 27.0 Å². The van der Waals surface area contributed by atoms with Crippen LogP contribution in [-0.2, 0) is 9.84 Å². The van der Waals surface area contributed by atoms with Crippen LogP contribution >= 0.6 is 0 Å². The number of sulfone groups is 1.